The van der Waals surface area contributed by atoms with Crippen molar-refractivity contribution < 1.29 is 9.47 Å². The fourth-order valence-electron chi connectivity index (χ4n) is 5.16. The van der Waals surface area contributed by atoms with Crippen LogP contribution in [0.25, 0.3) is 0 Å². The lowest BCUT2D eigenvalue weighted by Gasteiger charge is -2.39. The van der Waals surface area contributed by atoms with Gasteiger partial charge in [-0.25, -0.2) is 0 Å². The predicted octanol–water partition coefficient (Wildman–Crippen LogP) is 4.56. The molecule has 7 heteroatoms. The van der Waals surface area contributed by atoms with E-state index >= 15 is 0 Å². The number of hydrogen-bond donors (Lipinski definition) is 2. The van der Waals surface area contributed by atoms with Gasteiger partial charge in [-0.2, -0.15) is 0 Å². The maximum atomic E-state index is 5.60. The van der Waals surface area contributed by atoms with Crippen molar-refractivity contribution in [2.75, 3.05) is 40.9 Å². The van der Waals surface area contributed by atoms with Crippen molar-refractivity contribution in [1.82, 2.24) is 15.5 Å². The molecule has 1 aromatic rings. The molecule has 0 amide bonds. The first-order chi connectivity index (χ1) is 15.0. The Labute approximate surface area is 211 Å². The molecule has 2 fully saturated rings. The molecule has 2 N–H and O–H groups in total. The van der Waals surface area contributed by atoms with E-state index in [0.29, 0.717) is 12.1 Å². The molecule has 1 aliphatic heterocycles. The molecule has 0 spiro atoms. The van der Waals surface area contributed by atoms with E-state index in [4.69, 9.17) is 9.47 Å². The van der Waals surface area contributed by atoms with Gasteiger partial charge in [0.2, 0.25) is 0 Å². The minimum atomic E-state index is 0. The molecular formula is C25H43IN4O2. The van der Waals surface area contributed by atoms with Crippen LogP contribution < -0.4 is 20.1 Å². The molecular weight excluding hydrogens is 515 g/mol. The van der Waals surface area contributed by atoms with Gasteiger partial charge >= 0.3 is 0 Å². The summed E-state index contributed by atoms with van der Waals surface area (Å²) < 4.78 is 11.1. The molecule has 0 bridgehead atoms. The van der Waals surface area contributed by atoms with Crippen LogP contribution in [-0.2, 0) is 5.41 Å². The second-order valence-electron chi connectivity index (χ2n) is 9.38. The third-order valence-corrected chi connectivity index (χ3v) is 7.23. The zero-order valence-corrected chi connectivity index (χ0v) is 22.9. The van der Waals surface area contributed by atoms with E-state index in [2.05, 4.69) is 46.5 Å². The molecule has 0 atom stereocenters. The predicted molar refractivity (Wildman–Crippen MR) is 144 cm³/mol. The number of guanidine groups is 1. The quantitative estimate of drug-likeness (QED) is 0.292. The molecule has 1 aromatic carbocycles. The molecule has 32 heavy (non-hydrogen) atoms. The molecule has 3 rings (SSSR count). The number of benzene rings is 1. The Morgan fingerprint density at radius 3 is 2.31 bits per heavy atom. The van der Waals surface area contributed by atoms with Gasteiger partial charge in [0.15, 0.2) is 17.5 Å². The monoisotopic (exact) mass is 558 g/mol. The third kappa shape index (κ3) is 6.65. The van der Waals surface area contributed by atoms with Crippen LogP contribution in [-0.4, -0.2) is 63.8 Å². The van der Waals surface area contributed by atoms with Crippen molar-refractivity contribution in [2.24, 2.45) is 4.99 Å². The van der Waals surface area contributed by atoms with Gasteiger partial charge in [-0.3, -0.25) is 4.99 Å². The normalized spacial score (nSPS) is 19.9. The molecule has 1 heterocycles. The van der Waals surface area contributed by atoms with E-state index < -0.39 is 0 Å². The van der Waals surface area contributed by atoms with Gasteiger partial charge in [-0.05, 0) is 57.2 Å². The molecule has 182 valence electrons. The molecule has 1 saturated heterocycles. The van der Waals surface area contributed by atoms with Gasteiger partial charge in [0, 0.05) is 44.2 Å². The minimum Gasteiger partial charge on any atom is -0.493 e. The average Bonchev–Trinajstić information content (AvgIpc) is 2.82. The van der Waals surface area contributed by atoms with Crippen LogP contribution in [0.5, 0.6) is 11.5 Å². The van der Waals surface area contributed by atoms with Crippen LogP contribution in [0.3, 0.4) is 0 Å². The number of rotatable bonds is 7. The highest BCUT2D eigenvalue weighted by Crippen LogP contribution is 2.42. The van der Waals surface area contributed by atoms with Gasteiger partial charge in [0.25, 0.3) is 0 Å². The van der Waals surface area contributed by atoms with Crippen molar-refractivity contribution in [2.45, 2.75) is 76.3 Å². The van der Waals surface area contributed by atoms with E-state index in [1.165, 1.54) is 50.5 Å². The number of piperidine rings is 1. The summed E-state index contributed by atoms with van der Waals surface area (Å²) in [6.45, 7) is 7.76. The summed E-state index contributed by atoms with van der Waals surface area (Å²) in [5.74, 6) is 2.52. The fourth-order valence-corrected chi connectivity index (χ4v) is 5.16. The molecule has 1 aliphatic carbocycles. The smallest absolute Gasteiger partial charge is 0.191 e. The zero-order valence-electron chi connectivity index (χ0n) is 20.6. The molecule has 1 saturated carbocycles. The minimum absolute atomic E-state index is 0. The van der Waals surface area contributed by atoms with Gasteiger partial charge < -0.3 is 25.0 Å². The van der Waals surface area contributed by atoms with Crippen LogP contribution in [0.1, 0.15) is 64.4 Å². The largest absolute Gasteiger partial charge is 0.493 e. The van der Waals surface area contributed by atoms with E-state index in [0.717, 1.165) is 37.1 Å². The van der Waals surface area contributed by atoms with E-state index in [9.17, 15) is 0 Å². The third-order valence-electron chi connectivity index (χ3n) is 7.23. The van der Waals surface area contributed by atoms with Crippen LogP contribution in [0.15, 0.2) is 23.2 Å². The molecule has 0 unspecified atom stereocenters. The van der Waals surface area contributed by atoms with Crippen molar-refractivity contribution in [3.05, 3.63) is 23.8 Å². The number of aliphatic imine (C=N–C) groups is 1. The Hall–Kier alpha value is -1.22. The average molecular weight is 559 g/mol. The van der Waals surface area contributed by atoms with Gasteiger partial charge in [0.05, 0.1) is 14.2 Å². The first kappa shape index (κ1) is 27.0. The highest BCUT2D eigenvalue weighted by Gasteiger charge is 2.35. The number of nitrogens with zero attached hydrogens (tertiary/aromatic N) is 2. The number of halogens is 1. The highest BCUT2D eigenvalue weighted by atomic mass is 127. The van der Waals surface area contributed by atoms with Crippen LogP contribution in [0.4, 0.5) is 0 Å². The van der Waals surface area contributed by atoms with Crippen molar-refractivity contribution in [3.8, 4) is 11.5 Å². The maximum absolute atomic E-state index is 5.60. The van der Waals surface area contributed by atoms with E-state index in [1.807, 2.05) is 13.1 Å². The SMILES string of the molecule is CN=C(NCC1(c2ccc(OC)c(OC)c2)CCCCC1)NC1CCN(C(C)C)CC1.I. The molecule has 0 aromatic heterocycles. The van der Waals surface area contributed by atoms with Crippen LogP contribution in [0.2, 0.25) is 0 Å². The summed E-state index contributed by atoms with van der Waals surface area (Å²) >= 11 is 0. The summed E-state index contributed by atoms with van der Waals surface area (Å²) in [6.07, 6.45) is 8.53. The molecule has 0 radical (unpaired) electrons. The lowest BCUT2D eigenvalue weighted by Crippen LogP contribution is -2.52. The maximum Gasteiger partial charge on any atom is 0.191 e. The second kappa shape index (κ2) is 12.9. The summed E-state index contributed by atoms with van der Waals surface area (Å²) in [5.41, 5.74) is 1.43. The number of ether oxygens (including phenoxy) is 2. The zero-order chi connectivity index (χ0) is 22.3. The van der Waals surface area contributed by atoms with Crippen LogP contribution >= 0.6 is 24.0 Å². The van der Waals surface area contributed by atoms with Crippen molar-refractivity contribution in [3.63, 3.8) is 0 Å². The molecule has 6 nitrogen and oxygen atoms in total. The Balaban J connectivity index is 0.00000363. The molecule has 2 aliphatic rings. The summed E-state index contributed by atoms with van der Waals surface area (Å²) in [4.78, 5) is 7.10. The van der Waals surface area contributed by atoms with E-state index in [-0.39, 0.29) is 29.4 Å². The topological polar surface area (TPSA) is 58.1 Å². The first-order valence-corrected chi connectivity index (χ1v) is 11.9. The standard InChI is InChI=1S/C25H42N4O2.HI/c1-19(2)29-15-11-21(12-16-29)28-24(26-3)27-18-25(13-7-6-8-14-25)20-9-10-22(30-4)23(17-20)31-5;/h9-10,17,19,21H,6-8,11-16,18H2,1-5H3,(H2,26,27,28);1H. The van der Waals surface area contributed by atoms with Gasteiger partial charge in [0.1, 0.15) is 0 Å². The lowest BCUT2D eigenvalue weighted by atomic mass is 9.69. The number of methoxy groups -OCH3 is 2. The Bertz CT molecular complexity index is 727. The van der Waals surface area contributed by atoms with E-state index in [1.54, 1.807) is 14.2 Å². The highest BCUT2D eigenvalue weighted by molar-refractivity contribution is 14.0. The summed E-state index contributed by atoms with van der Waals surface area (Å²) in [5, 5.41) is 7.36. The number of hydrogen-bond acceptors (Lipinski definition) is 4. The lowest BCUT2D eigenvalue weighted by molar-refractivity contribution is 0.167. The van der Waals surface area contributed by atoms with Crippen molar-refractivity contribution >= 4 is 29.9 Å². The van der Waals surface area contributed by atoms with Crippen LogP contribution in [0, 0.1) is 0 Å². The Morgan fingerprint density at radius 1 is 1.09 bits per heavy atom. The Morgan fingerprint density at radius 2 is 1.75 bits per heavy atom. The summed E-state index contributed by atoms with van der Waals surface area (Å²) in [6, 6.07) is 7.55. The fraction of sp³-hybridized carbons (Fsp3) is 0.720. The first-order valence-electron chi connectivity index (χ1n) is 11.9. The van der Waals surface area contributed by atoms with Gasteiger partial charge in [-0.15, -0.1) is 24.0 Å². The van der Waals surface area contributed by atoms with Gasteiger partial charge in [-0.1, -0.05) is 25.3 Å². The number of nitrogens with one attached hydrogen (secondary N) is 2. The van der Waals surface area contributed by atoms with Crippen molar-refractivity contribution in [1.29, 1.82) is 0 Å². The summed E-state index contributed by atoms with van der Waals surface area (Å²) in [7, 11) is 5.28. The number of likely N-dealkylation sites (tertiary alicyclic amines) is 1. The second-order valence-corrected chi connectivity index (χ2v) is 9.38. The Kier molecular flexibility index (Phi) is 10.9.